The minimum absolute atomic E-state index is 0.239. The lowest BCUT2D eigenvalue weighted by molar-refractivity contribution is 0.0696. The number of aromatic nitrogens is 1. The van der Waals surface area contributed by atoms with Crippen molar-refractivity contribution >= 4 is 11.8 Å². The minimum Gasteiger partial charge on any atom is -0.478 e. The molecule has 0 aliphatic carbocycles. The van der Waals surface area contributed by atoms with E-state index in [0.717, 1.165) is 37.3 Å². The number of rotatable bonds is 3. The van der Waals surface area contributed by atoms with Crippen molar-refractivity contribution in [3.8, 4) is 0 Å². The minimum atomic E-state index is -0.935. The van der Waals surface area contributed by atoms with Gasteiger partial charge in [0.05, 0.1) is 11.7 Å². The van der Waals surface area contributed by atoms with Gasteiger partial charge in [0.15, 0.2) is 0 Å². The predicted octanol–water partition coefficient (Wildman–Crippen LogP) is 1.70. The van der Waals surface area contributed by atoms with Gasteiger partial charge < -0.3 is 14.7 Å². The monoisotopic (exact) mass is 250 g/mol. The van der Waals surface area contributed by atoms with E-state index in [4.69, 9.17) is 9.84 Å². The van der Waals surface area contributed by atoms with Crippen molar-refractivity contribution in [1.29, 1.82) is 0 Å². The lowest BCUT2D eigenvalue weighted by Gasteiger charge is -2.32. The van der Waals surface area contributed by atoms with E-state index in [1.807, 2.05) is 6.92 Å². The largest absolute Gasteiger partial charge is 0.478 e. The first kappa shape index (κ1) is 12.8. The van der Waals surface area contributed by atoms with Crippen LogP contribution < -0.4 is 4.90 Å². The third kappa shape index (κ3) is 2.61. The van der Waals surface area contributed by atoms with E-state index in [9.17, 15) is 4.79 Å². The number of carbonyl (C=O) groups is 1. The molecule has 0 saturated carbocycles. The lowest BCUT2D eigenvalue weighted by Crippen LogP contribution is -2.37. The molecular formula is C13H18N2O3. The molecule has 0 radical (unpaired) electrons. The number of hydrogen-bond donors (Lipinski definition) is 1. The Labute approximate surface area is 106 Å². The average Bonchev–Trinajstić information content (AvgIpc) is 2.38. The van der Waals surface area contributed by atoms with Crippen LogP contribution in [0.3, 0.4) is 0 Å². The molecule has 0 atom stereocenters. The fraction of sp³-hybridized carbons (Fsp3) is 0.538. The highest BCUT2D eigenvalue weighted by Crippen LogP contribution is 2.23. The number of nitrogens with zero attached hydrogens (tertiary/aromatic N) is 2. The molecule has 1 aliphatic rings. The number of aryl methyl sites for hydroxylation is 1. The summed E-state index contributed by atoms with van der Waals surface area (Å²) < 4.78 is 5.33. The lowest BCUT2D eigenvalue weighted by atomic mass is 10.1. The molecule has 0 unspecified atom stereocenters. The summed E-state index contributed by atoms with van der Waals surface area (Å²) in [5, 5.41) is 8.91. The van der Waals surface area contributed by atoms with Crippen molar-refractivity contribution in [2.45, 2.75) is 25.9 Å². The van der Waals surface area contributed by atoms with Crippen molar-refractivity contribution in [2.75, 3.05) is 25.1 Å². The fourth-order valence-electron chi connectivity index (χ4n) is 2.32. The molecule has 0 bridgehead atoms. The van der Waals surface area contributed by atoms with Crippen LogP contribution >= 0.6 is 0 Å². The molecule has 5 nitrogen and oxygen atoms in total. The maximum atomic E-state index is 10.9. The number of hydrogen-bond acceptors (Lipinski definition) is 4. The Kier molecular flexibility index (Phi) is 3.81. The zero-order chi connectivity index (χ0) is 13.1. The molecule has 2 heterocycles. The van der Waals surface area contributed by atoms with Crippen LogP contribution in [0.25, 0.3) is 0 Å². The molecule has 1 aromatic rings. The summed E-state index contributed by atoms with van der Waals surface area (Å²) in [6, 6.07) is 1.67. The molecule has 1 aromatic heterocycles. The van der Waals surface area contributed by atoms with Crippen molar-refractivity contribution < 1.29 is 14.6 Å². The Hall–Kier alpha value is -1.62. The van der Waals surface area contributed by atoms with Gasteiger partial charge in [0.1, 0.15) is 5.82 Å². The quantitative estimate of drug-likeness (QED) is 0.884. The highest BCUT2D eigenvalue weighted by atomic mass is 16.5. The van der Waals surface area contributed by atoms with Gasteiger partial charge in [-0.2, -0.15) is 0 Å². The van der Waals surface area contributed by atoms with E-state index in [-0.39, 0.29) is 5.56 Å². The second-order valence-corrected chi connectivity index (χ2v) is 4.59. The summed E-state index contributed by atoms with van der Waals surface area (Å²) in [7, 11) is 1.74. The highest BCUT2D eigenvalue weighted by Gasteiger charge is 2.21. The molecule has 1 fully saturated rings. The normalized spacial score (nSPS) is 16.9. The molecule has 1 N–H and O–H groups in total. The first-order valence-electron chi connectivity index (χ1n) is 6.09. The molecule has 0 spiro atoms. The fourth-order valence-corrected chi connectivity index (χ4v) is 2.32. The van der Waals surface area contributed by atoms with E-state index in [2.05, 4.69) is 9.88 Å². The van der Waals surface area contributed by atoms with Crippen molar-refractivity contribution in [1.82, 2.24) is 4.98 Å². The molecule has 5 heteroatoms. The second kappa shape index (κ2) is 5.35. The molecular weight excluding hydrogens is 232 g/mol. The smallest absolute Gasteiger partial charge is 0.337 e. The van der Waals surface area contributed by atoms with Gasteiger partial charge in [-0.15, -0.1) is 0 Å². The van der Waals surface area contributed by atoms with Crippen LogP contribution in [-0.4, -0.2) is 42.4 Å². The number of ether oxygens (including phenoxy) is 1. The van der Waals surface area contributed by atoms with E-state index in [1.54, 1.807) is 13.2 Å². The number of pyridine rings is 1. The Morgan fingerprint density at radius 2 is 2.17 bits per heavy atom. The van der Waals surface area contributed by atoms with Crippen LogP contribution in [0.15, 0.2) is 12.3 Å². The third-order valence-corrected chi connectivity index (χ3v) is 3.37. The molecule has 0 amide bonds. The molecule has 18 heavy (non-hydrogen) atoms. The highest BCUT2D eigenvalue weighted by molar-refractivity contribution is 5.87. The van der Waals surface area contributed by atoms with Crippen LogP contribution in [-0.2, 0) is 4.74 Å². The number of carboxylic acids is 1. The Balaban J connectivity index is 2.12. The number of methoxy groups -OCH3 is 1. The van der Waals surface area contributed by atoms with E-state index in [0.29, 0.717) is 6.10 Å². The van der Waals surface area contributed by atoms with Gasteiger partial charge in [-0.1, -0.05) is 0 Å². The maximum Gasteiger partial charge on any atom is 0.337 e. The topological polar surface area (TPSA) is 62.7 Å². The zero-order valence-corrected chi connectivity index (χ0v) is 10.7. The summed E-state index contributed by atoms with van der Waals surface area (Å²) in [4.78, 5) is 17.3. The van der Waals surface area contributed by atoms with Gasteiger partial charge in [-0.25, -0.2) is 9.78 Å². The molecule has 2 rings (SSSR count). The van der Waals surface area contributed by atoms with Crippen molar-refractivity contribution in [2.24, 2.45) is 0 Å². The van der Waals surface area contributed by atoms with Crippen LogP contribution in [0.4, 0.5) is 5.82 Å². The average molecular weight is 250 g/mol. The van der Waals surface area contributed by atoms with E-state index in [1.165, 1.54) is 6.20 Å². The predicted molar refractivity (Wildman–Crippen MR) is 68.2 cm³/mol. The summed E-state index contributed by atoms with van der Waals surface area (Å²) in [6.07, 6.45) is 3.73. The van der Waals surface area contributed by atoms with Crippen molar-refractivity contribution in [3.63, 3.8) is 0 Å². The SMILES string of the molecule is COC1CCN(c2ncc(C(=O)O)cc2C)CC1. The molecule has 98 valence electrons. The van der Waals surface area contributed by atoms with E-state index >= 15 is 0 Å². The second-order valence-electron chi connectivity index (χ2n) is 4.59. The first-order valence-corrected chi connectivity index (χ1v) is 6.09. The summed E-state index contributed by atoms with van der Waals surface area (Å²) in [6.45, 7) is 3.70. The van der Waals surface area contributed by atoms with Crippen LogP contribution in [0.5, 0.6) is 0 Å². The van der Waals surface area contributed by atoms with Crippen LogP contribution in [0.2, 0.25) is 0 Å². The van der Waals surface area contributed by atoms with Gasteiger partial charge in [0.25, 0.3) is 0 Å². The van der Waals surface area contributed by atoms with Gasteiger partial charge in [0.2, 0.25) is 0 Å². The maximum absolute atomic E-state index is 10.9. The van der Waals surface area contributed by atoms with Crippen molar-refractivity contribution in [3.05, 3.63) is 23.4 Å². The van der Waals surface area contributed by atoms with Gasteiger partial charge >= 0.3 is 5.97 Å². The first-order chi connectivity index (χ1) is 8.61. The number of carboxylic acid groups (broad SMARTS) is 1. The Morgan fingerprint density at radius 3 is 2.67 bits per heavy atom. The Morgan fingerprint density at radius 1 is 1.50 bits per heavy atom. The Bertz CT molecular complexity index is 440. The molecule has 0 aromatic carbocycles. The summed E-state index contributed by atoms with van der Waals surface area (Å²) in [5.74, 6) is -0.0511. The third-order valence-electron chi connectivity index (χ3n) is 3.37. The number of aromatic carboxylic acids is 1. The number of piperidine rings is 1. The van der Waals surface area contributed by atoms with Crippen LogP contribution in [0, 0.1) is 6.92 Å². The number of anilines is 1. The van der Waals surface area contributed by atoms with Gasteiger partial charge in [-0.3, -0.25) is 0 Å². The van der Waals surface area contributed by atoms with E-state index < -0.39 is 5.97 Å². The van der Waals surface area contributed by atoms with Gasteiger partial charge in [0, 0.05) is 26.4 Å². The summed E-state index contributed by atoms with van der Waals surface area (Å²) >= 11 is 0. The zero-order valence-electron chi connectivity index (χ0n) is 10.7. The standard InChI is InChI=1S/C13H18N2O3/c1-9-7-10(13(16)17)8-14-12(9)15-5-3-11(18-2)4-6-15/h7-8,11H,3-6H2,1-2H3,(H,16,17). The molecule has 1 saturated heterocycles. The van der Waals surface area contributed by atoms with Crippen LogP contribution in [0.1, 0.15) is 28.8 Å². The summed E-state index contributed by atoms with van der Waals surface area (Å²) in [5.41, 5.74) is 1.15. The molecule has 1 aliphatic heterocycles. The van der Waals surface area contributed by atoms with Gasteiger partial charge in [-0.05, 0) is 31.4 Å².